The van der Waals surface area contributed by atoms with Crippen LogP contribution >= 0.6 is 0 Å². The first-order chi connectivity index (χ1) is 16.1. The fourth-order valence-corrected chi connectivity index (χ4v) is 4.68. The lowest BCUT2D eigenvalue weighted by Gasteiger charge is -2.35. The van der Waals surface area contributed by atoms with Gasteiger partial charge in [0.15, 0.2) is 0 Å². The van der Waals surface area contributed by atoms with Gasteiger partial charge in [-0.2, -0.15) is 0 Å². The summed E-state index contributed by atoms with van der Waals surface area (Å²) in [7, 11) is 2.95. The molecule has 1 atom stereocenters. The van der Waals surface area contributed by atoms with Crippen LogP contribution in [0.5, 0.6) is 5.75 Å². The number of piperidine rings is 1. The van der Waals surface area contributed by atoms with Crippen molar-refractivity contribution >= 4 is 12.0 Å². The molecule has 2 aromatic carbocycles. The zero-order valence-electron chi connectivity index (χ0n) is 19.2. The van der Waals surface area contributed by atoms with E-state index >= 15 is 0 Å². The Bertz CT molecular complexity index is 1010. The Morgan fingerprint density at radius 2 is 1.82 bits per heavy atom. The second-order valence-electron chi connectivity index (χ2n) is 8.60. The first-order valence-electron chi connectivity index (χ1n) is 11.4. The zero-order valence-corrected chi connectivity index (χ0v) is 19.2. The minimum Gasteiger partial charge on any atom is -0.497 e. The minimum atomic E-state index is -0.605. The van der Waals surface area contributed by atoms with Crippen LogP contribution in [0, 0.1) is 5.92 Å². The van der Waals surface area contributed by atoms with Crippen molar-refractivity contribution in [3.05, 3.63) is 77.0 Å². The number of carbonyl (C=O) groups excluding carboxylic acids is 2. The van der Waals surface area contributed by atoms with Crippen molar-refractivity contribution in [2.45, 2.75) is 25.3 Å². The van der Waals surface area contributed by atoms with Crippen molar-refractivity contribution in [2.75, 3.05) is 33.9 Å². The van der Waals surface area contributed by atoms with Gasteiger partial charge in [-0.1, -0.05) is 42.5 Å². The molecule has 2 aliphatic rings. The van der Waals surface area contributed by atoms with E-state index in [0.717, 1.165) is 37.9 Å². The number of hydrogen-bond acceptors (Lipinski definition) is 5. The molecule has 7 heteroatoms. The monoisotopic (exact) mass is 449 g/mol. The summed E-state index contributed by atoms with van der Waals surface area (Å²) in [6.45, 7) is 2.33. The van der Waals surface area contributed by atoms with Gasteiger partial charge in [0.25, 0.3) is 0 Å². The van der Waals surface area contributed by atoms with E-state index in [9.17, 15) is 9.59 Å². The lowest BCUT2D eigenvalue weighted by molar-refractivity contribution is -0.136. The van der Waals surface area contributed by atoms with Crippen LogP contribution in [0.1, 0.15) is 30.0 Å². The van der Waals surface area contributed by atoms with Crippen LogP contribution in [0.25, 0.3) is 0 Å². The molecule has 4 rings (SSSR count). The smallest absolute Gasteiger partial charge is 0.338 e. The van der Waals surface area contributed by atoms with Crippen LogP contribution in [0.2, 0.25) is 0 Å². The maximum Gasteiger partial charge on any atom is 0.338 e. The van der Waals surface area contributed by atoms with Crippen molar-refractivity contribution in [1.82, 2.24) is 15.5 Å². The molecule has 2 N–H and O–H groups in total. The minimum absolute atomic E-state index is 0.329. The summed E-state index contributed by atoms with van der Waals surface area (Å²) in [5.74, 6) is 0.848. The lowest BCUT2D eigenvalue weighted by Crippen LogP contribution is -2.49. The molecule has 2 amide bonds. The molecule has 0 aromatic heterocycles. The van der Waals surface area contributed by atoms with Gasteiger partial charge in [-0.05, 0) is 61.5 Å². The number of nitrogens with zero attached hydrogens (tertiary/aromatic N) is 1. The van der Waals surface area contributed by atoms with Crippen LogP contribution < -0.4 is 15.4 Å². The molecule has 2 aliphatic heterocycles. The molecule has 7 nitrogen and oxygen atoms in total. The number of hydrogen-bond donors (Lipinski definition) is 2. The van der Waals surface area contributed by atoms with Gasteiger partial charge in [0, 0.05) is 12.2 Å². The van der Waals surface area contributed by atoms with Crippen molar-refractivity contribution in [2.24, 2.45) is 5.92 Å². The third kappa shape index (κ3) is 5.54. The normalized spacial score (nSPS) is 19.6. The molecule has 0 unspecified atom stereocenters. The van der Waals surface area contributed by atoms with E-state index < -0.39 is 12.0 Å². The van der Waals surface area contributed by atoms with Crippen LogP contribution in [-0.4, -0.2) is 50.8 Å². The number of likely N-dealkylation sites (tertiary alicyclic amines) is 1. The molecule has 33 heavy (non-hydrogen) atoms. The van der Waals surface area contributed by atoms with Gasteiger partial charge in [-0.15, -0.1) is 0 Å². The van der Waals surface area contributed by atoms with Crippen LogP contribution in [0.15, 0.2) is 65.9 Å². The van der Waals surface area contributed by atoms with E-state index in [1.165, 1.54) is 12.7 Å². The molecular weight excluding hydrogens is 418 g/mol. The average Bonchev–Trinajstić information content (AvgIpc) is 2.85. The number of methoxy groups -OCH3 is 2. The van der Waals surface area contributed by atoms with E-state index in [4.69, 9.17) is 9.47 Å². The zero-order chi connectivity index (χ0) is 23.2. The highest BCUT2D eigenvalue weighted by atomic mass is 16.5. The summed E-state index contributed by atoms with van der Waals surface area (Å²) >= 11 is 0. The first-order valence-corrected chi connectivity index (χ1v) is 11.4. The maximum absolute atomic E-state index is 12.8. The summed E-state index contributed by atoms with van der Waals surface area (Å²) < 4.78 is 10.4. The van der Waals surface area contributed by atoms with Crippen LogP contribution in [-0.2, 0) is 16.0 Å². The summed E-state index contributed by atoms with van der Waals surface area (Å²) in [6, 6.07) is 17.0. The van der Waals surface area contributed by atoms with Gasteiger partial charge in [0.2, 0.25) is 0 Å². The number of nitrogens with one attached hydrogen (secondary N) is 2. The SMILES string of the molecule is COC(=O)C1=C(CN2CCC(Cc3ccccc3)CC2)NC(=O)N[C@H]1c1cccc(OC)c1. The summed E-state index contributed by atoms with van der Waals surface area (Å²) in [5.41, 5.74) is 3.17. The molecule has 0 aliphatic carbocycles. The Morgan fingerprint density at radius 1 is 1.06 bits per heavy atom. The third-order valence-electron chi connectivity index (χ3n) is 6.44. The topological polar surface area (TPSA) is 79.9 Å². The number of amides is 2. The molecule has 1 fully saturated rings. The quantitative estimate of drug-likeness (QED) is 0.633. The van der Waals surface area contributed by atoms with Crippen molar-refractivity contribution in [3.63, 3.8) is 0 Å². The Morgan fingerprint density at radius 3 is 2.52 bits per heavy atom. The van der Waals surface area contributed by atoms with Gasteiger partial charge in [-0.3, -0.25) is 4.90 Å². The highest BCUT2D eigenvalue weighted by Crippen LogP contribution is 2.31. The first kappa shape index (κ1) is 22.9. The summed E-state index contributed by atoms with van der Waals surface area (Å²) in [5, 5.41) is 5.73. The van der Waals surface area contributed by atoms with E-state index in [-0.39, 0.29) is 6.03 Å². The number of urea groups is 1. The van der Waals surface area contributed by atoms with E-state index in [2.05, 4.69) is 39.8 Å². The molecule has 0 spiro atoms. The number of rotatable bonds is 7. The van der Waals surface area contributed by atoms with E-state index in [1.807, 2.05) is 30.3 Å². The standard InChI is InChI=1S/C26H31N3O4/c1-32-21-10-6-9-20(16-21)24-23(25(30)33-2)22(27-26(31)28-24)17-29-13-11-19(12-14-29)15-18-7-4-3-5-8-18/h3-10,16,19,24H,11-15,17H2,1-2H3,(H2,27,28,31)/t24-/m0/s1. The van der Waals surface area contributed by atoms with Gasteiger partial charge in [0.1, 0.15) is 5.75 Å². The van der Waals surface area contributed by atoms with Gasteiger partial charge in [0.05, 0.1) is 25.8 Å². The van der Waals surface area contributed by atoms with E-state index in [0.29, 0.717) is 29.5 Å². The Hall–Kier alpha value is -3.32. The molecule has 0 bridgehead atoms. The molecule has 1 saturated heterocycles. The summed E-state index contributed by atoms with van der Waals surface area (Å²) in [6.07, 6.45) is 3.26. The molecule has 2 aromatic rings. The van der Waals surface area contributed by atoms with Crippen LogP contribution in [0.3, 0.4) is 0 Å². The van der Waals surface area contributed by atoms with Crippen molar-refractivity contribution in [3.8, 4) is 5.75 Å². The molecule has 174 valence electrons. The predicted octanol–water partition coefficient (Wildman–Crippen LogP) is 3.43. The second-order valence-corrected chi connectivity index (χ2v) is 8.60. The van der Waals surface area contributed by atoms with Crippen LogP contribution in [0.4, 0.5) is 4.79 Å². The van der Waals surface area contributed by atoms with E-state index in [1.54, 1.807) is 7.11 Å². The molecule has 0 saturated carbocycles. The van der Waals surface area contributed by atoms with Gasteiger partial charge in [-0.25, -0.2) is 9.59 Å². The van der Waals surface area contributed by atoms with Crippen molar-refractivity contribution < 1.29 is 19.1 Å². The maximum atomic E-state index is 12.8. The number of carbonyl (C=O) groups is 2. The summed E-state index contributed by atoms with van der Waals surface area (Å²) in [4.78, 5) is 27.6. The fraction of sp³-hybridized carbons (Fsp3) is 0.385. The molecular formula is C26H31N3O4. The lowest BCUT2D eigenvalue weighted by atomic mass is 9.89. The number of esters is 1. The molecule has 0 radical (unpaired) electrons. The Labute approximate surface area is 194 Å². The van der Waals surface area contributed by atoms with Crippen molar-refractivity contribution in [1.29, 1.82) is 0 Å². The van der Waals surface area contributed by atoms with Gasteiger partial charge >= 0.3 is 12.0 Å². The number of ether oxygens (including phenoxy) is 2. The number of benzene rings is 2. The largest absolute Gasteiger partial charge is 0.497 e. The van der Waals surface area contributed by atoms with Gasteiger partial charge < -0.3 is 20.1 Å². The Balaban J connectivity index is 1.51. The highest BCUT2D eigenvalue weighted by Gasteiger charge is 2.34. The third-order valence-corrected chi connectivity index (χ3v) is 6.44. The second kappa shape index (κ2) is 10.5. The predicted molar refractivity (Wildman–Crippen MR) is 126 cm³/mol. The Kier molecular flexibility index (Phi) is 7.29. The average molecular weight is 450 g/mol. The fourth-order valence-electron chi connectivity index (χ4n) is 4.68. The highest BCUT2D eigenvalue weighted by molar-refractivity contribution is 5.95. The molecule has 2 heterocycles.